The summed E-state index contributed by atoms with van der Waals surface area (Å²) in [6.07, 6.45) is -1.23. The molecule has 0 saturated carbocycles. The zero-order valence-electron chi connectivity index (χ0n) is 13.8. The molecule has 1 rings (SSSR count). The molecular weight excluding hydrogens is 298 g/mol. The molecule has 0 bridgehead atoms. The summed E-state index contributed by atoms with van der Waals surface area (Å²) in [6, 6.07) is 0.906. The first kappa shape index (κ1) is 18.2. The second kappa shape index (κ2) is 6.52. The van der Waals surface area contributed by atoms with Gasteiger partial charge in [-0.1, -0.05) is 20.8 Å². The second-order valence-electron chi connectivity index (χ2n) is 6.46. The van der Waals surface area contributed by atoms with Crippen molar-refractivity contribution >= 4 is 22.4 Å². The van der Waals surface area contributed by atoms with Crippen LogP contribution in [0.3, 0.4) is 0 Å². The van der Waals surface area contributed by atoms with Crippen molar-refractivity contribution in [1.29, 1.82) is 0 Å². The molecule has 1 aromatic carbocycles. The van der Waals surface area contributed by atoms with Crippen LogP contribution in [0.25, 0.3) is 0 Å². The molecule has 1 atom stereocenters. The molecule has 0 heterocycles. The second-order valence-corrected chi connectivity index (χ2v) is 6.66. The first-order chi connectivity index (χ1) is 10.0. The Morgan fingerprint density at radius 2 is 1.86 bits per heavy atom. The van der Waals surface area contributed by atoms with Crippen LogP contribution in [0.4, 0.5) is 4.79 Å². The summed E-state index contributed by atoms with van der Waals surface area (Å²) in [5.74, 6) is 0.0959. The van der Waals surface area contributed by atoms with E-state index in [1.165, 1.54) is 6.92 Å². The van der Waals surface area contributed by atoms with E-state index in [2.05, 4.69) is 36.6 Å². The number of hydrogen-bond donors (Lipinski definition) is 2. The van der Waals surface area contributed by atoms with Gasteiger partial charge in [-0.2, -0.15) is 0 Å². The minimum Gasteiger partial charge on any atom is -0.540 e. The van der Waals surface area contributed by atoms with Gasteiger partial charge >= 0.3 is 16.6 Å². The Bertz CT molecular complexity index is 605. The Kier molecular flexibility index (Phi) is 5.40. The van der Waals surface area contributed by atoms with Crippen LogP contribution in [0.5, 0.6) is 5.75 Å². The van der Waals surface area contributed by atoms with Crippen molar-refractivity contribution in [2.24, 2.45) is 0 Å². The summed E-state index contributed by atoms with van der Waals surface area (Å²) in [6.45, 7) is 11.6. The van der Waals surface area contributed by atoms with E-state index in [0.717, 1.165) is 16.7 Å². The average Bonchev–Trinajstić information content (AvgIpc) is 2.34. The van der Waals surface area contributed by atoms with Gasteiger partial charge in [0.05, 0.1) is 11.6 Å². The summed E-state index contributed by atoms with van der Waals surface area (Å²) in [5.41, 5.74) is 3.22. The fraction of sp³-hybridized carbons (Fsp3) is 0.500. The van der Waals surface area contributed by atoms with Crippen molar-refractivity contribution in [3.63, 3.8) is 0 Å². The van der Waals surface area contributed by atoms with Crippen molar-refractivity contribution in [3.05, 3.63) is 28.3 Å². The standard InChI is InChI=1S/C16H22NO4Si/c1-8-7-11(13(18)10(3)17-15(19)20)14(21-22)9(2)12(8)16(4,5)6/h7,10,17H,1-6H3,(H,19,20)/t10-/m0/s1. The van der Waals surface area contributed by atoms with Gasteiger partial charge in [0.15, 0.2) is 5.78 Å². The van der Waals surface area contributed by atoms with E-state index in [1.807, 2.05) is 13.8 Å². The van der Waals surface area contributed by atoms with Crippen LogP contribution in [0, 0.1) is 13.8 Å². The third-order valence-electron chi connectivity index (χ3n) is 3.57. The largest absolute Gasteiger partial charge is 0.540 e. The quantitative estimate of drug-likeness (QED) is 0.661. The maximum atomic E-state index is 12.5. The lowest BCUT2D eigenvalue weighted by atomic mass is 9.79. The Morgan fingerprint density at radius 1 is 1.32 bits per heavy atom. The van der Waals surface area contributed by atoms with Gasteiger partial charge in [-0.15, -0.1) is 0 Å². The molecule has 6 heteroatoms. The lowest BCUT2D eigenvalue weighted by Gasteiger charge is -2.27. The van der Waals surface area contributed by atoms with E-state index in [4.69, 9.17) is 9.53 Å². The zero-order chi connectivity index (χ0) is 17.2. The minimum absolute atomic E-state index is 0.0970. The molecule has 5 nitrogen and oxygen atoms in total. The maximum Gasteiger partial charge on any atom is 0.405 e. The van der Waals surface area contributed by atoms with Crippen LogP contribution in [0.1, 0.15) is 54.7 Å². The predicted octanol–water partition coefficient (Wildman–Crippen LogP) is 2.90. The van der Waals surface area contributed by atoms with Crippen LogP contribution in [-0.2, 0) is 5.41 Å². The lowest BCUT2D eigenvalue weighted by molar-refractivity contribution is 0.0943. The van der Waals surface area contributed by atoms with Crippen LogP contribution >= 0.6 is 0 Å². The SMILES string of the molecule is Cc1cc(C(=O)[C@H](C)NC(=O)O)c(O[Si])c(C)c1C(C)(C)C. The van der Waals surface area contributed by atoms with E-state index in [0.29, 0.717) is 11.3 Å². The summed E-state index contributed by atoms with van der Waals surface area (Å²) < 4.78 is 5.25. The Morgan fingerprint density at radius 3 is 2.27 bits per heavy atom. The molecule has 2 N–H and O–H groups in total. The first-order valence-corrected chi connectivity index (χ1v) is 7.43. The van der Waals surface area contributed by atoms with Gasteiger partial charge in [-0.3, -0.25) is 4.79 Å². The highest BCUT2D eigenvalue weighted by molar-refractivity contribution is 6.06. The van der Waals surface area contributed by atoms with E-state index in [9.17, 15) is 9.59 Å². The number of rotatable bonds is 4. The van der Waals surface area contributed by atoms with Crippen molar-refractivity contribution < 1.29 is 19.1 Å². The number of carbonyl (C=O) groups is 2. The molecule has 0 spiro atoms. The smallest absolute Gasteiger partial charge is 0.405 e. The van der Waals surface area contributed by atoms with Crippen molar-refractivity contribution in [3.8, 4) is 5.75 Å². The normalized spacial score (nSPS) is 12.7. The molecule has 0 fully saturated rings. The third kappa shape index (κ3) is 3.68. The van der Waals surface area contributed by atoms with Crippen LogP contribution in [0.2, 0.25) is 0 Å². The van der Waals surface area contributed by atoms with Crippen molar-refractivity contribution in [1.82, 2.24) is 5.32 Å². The highest BCUT2D eigenvalue weighted by atomic mass is 28.2. The zero-order valence-corrected chi connectivity index (χ0v) is 14.8. The highest BCUT2D eigenvalue weighted by Gasteiger charge is 2.27. The topological polar surface area (TPSA) is 75.6 Å². The molecule has 22 heavy (non-hydrogen) atoms. The lowest BCUT2D eigenvalue weighted by Crippen LogP contribution is -2.37. The molecule has 0 aliphatic carbocycles. The Labute approximate surface area is 134 Å². The fourth-order valence-electron chi connectivity index (χ4n) is 2.92. The molecule has 3 radical (unpaired) electrons. The van der Waals surface area contributed by atoms with Gasteiger partial charge in [0.1, 0.15) is 5.75 Å². The van der Waals surface area contributed by atoms with E-state index < -0.39 is 12.1 Å². The number of ketones is 1. The average molecular weight is 320 g/mol. The molecule has 0 saturated heterocycles. The van der Waals surface area contributed by atoms with E-state index in [1.54, 1.807) is 6.07 Å². The highest BCUT2D eigenvalue weighted by Crippen LogP contribution is 2.36. The Hall–Kier alpha value is -1.82. The van der Waals surface area contributed by atoms with E-state index in [-0.39, 0.29) is 11.2 Å². The monoisotopic (exact) mass is 320 g/mol. The number of nitrogens with one attached hydrogen (secondary N) is 1. The Balaban J connectivity index is 3.45. The summed E-state index contributed by atoms with van der Waals surface area (Å²) in [4.78, 5) is 23.2. The number of benzene rings is 1. The molecule has 0 unspecified atom stereocenters. The molecule has 0 aromatic heterocycles. The van der Waals surface area contributed by atoms with Gasteiger partial charge in [-0.25, -0.2) is 4.79 Å². The number of hydrogen-bond acceptors (Lipinski definition) is 3. The predicted molar refractivity (Wildman–Crippen MR) is 86.0 cm³/mol. The number of carbonyl (C=O) groups excluding carboxylic acids is 1. The van der Waals surface area contributed by atoms with E-state index >= 15 is 0 Å². The fourth-order valence-corrected chi connectivity index (χ4v) is 3.18. The summed E-state index contributed by atoms with van der Waals surface area (Å²) in [7, 11) is 3.02. The number of carboxylic acid groups (broad SMARTS) is 1. The van der Waals surface area contributed by atoms with Gasteiger partial charge in [0.2, 0.25) is 0 Å². The molecule has 1 amide bonds. The third-order valence-corrected chi connectivity index (χ3v) is 3.77. The van der Waals surface area contributed by atoms with Crippen molar-refractivity contribution in [2.75, 3.05) is 0 Å². The molecular formula is C16H22NO4Si. The molecule has 0 aliphatic rings. The number of amides is 1. The molecule has 1 aromatic rings. The van der Waals surface area contributed by atoms with Gasteiger partial charge < -0.3 is 14.8 Å². The first-order valence-electron chi connectivity index (χ1n) is 7.02. The summed E-state index contributed by atoms with van der Waals surface area (Å²) in [5, 5.41) is 10.9. The van der Waals surface area contributed by atoms with Crippen molar-refractivity contribution in [2.45, 2.75) is 53.0 Å². The maximum absolute atomic E-state index is 12.5. The summed E-state index contributed by atoms with van der Waals surface area (Å²) >= 11 is 0. The molecule has 0 aliphatic heterocycles. The number of aryl methyl sites for hydroxylation is 1. The van der Waals surface area contributed by atoms with Gasteiger partial charge in [0.25, 0.3) is 0 Å². The van der Waals surface area contributed by atoms with Gasteiger partial charge in [0, 0.05) is 0 Å². The molecule has 119 valence electrons. The number of Topliss-reactive ketones (excluding diaryl/α,β-unsaturated/α-hetero) is 1. The van der Waals surface area contributed by atoms with Crippen LogP contribution in [0.15, 0.2) is 6.07 Å². The van der Waals surface area contributed by atoms with Crippen LogP contribution in [-0.4, -0.2) is 33.5 Å². The van der Waals surface area contributed by atoms with Gasteiger partial charge in [-0.05, 0) is 48.9 Å². The van der Waals surface area contributed by atoms with Crippen LogP contribution < -0.4 is 9.74 Å². The minimum atomic E-state index is -1.23.